The highest BCUT2D eigenvalue weighted by Gasteiger charge is 2.15. The van der Waals surface area contributed by atoms with Crippen molar-refractivity contribution in [3.05, 3.63) is 154 Å². The largest absolute Gasteiger partial charge is 0.361 e. The van der Waals surface area contributed by atoms with Gasteiger partial charge in [-0.1, -0.05) is 60.7 Å². The number of H-pyrrole nitrogens is 2. The zero-order valence-corrected chi connectivity index (χ0v) is 31.8. The summed E-state index contributed by atoms with van der Waals surface area (Å²) < 4.78 is 1.66. The van der Waals surface area contributed by atoms with Gasteiger partial charge in [-0.05, 0) is 114 Å². The van der Waals surface area contributed by atoms with E-state index in [0.717, 1.165) is 69.6 Å². The van der Waals surface area contributed by atoms with Crippen LogP contribution in [0.1, 0.15) is 60.5 Å². The van der Waals surface area contributed by atoms with Crippen molar-refractivity contribution in [1.29, 1.82) is 0 Å². The predicted octanol–water partition coefficient (Wildman–Crippen LogP) is 8.80. The molecule has 8 rings (SSSR count). The molecule has 0 bridgehead atoms. The molecule has 10 heteroatoms. The molecule has 0 radical (unpaired) electrons. The molecule has 4 N–H and O–H groups in total. The number of benzene rings is 4. The Bertz CT molecular complexity index is 2590. The Morgan fingerprint density at radius 3 is 1.98 bits per heavy atom. The standard InChI is InChI=1S/C45H43N7O2S/c1-29-49-28-43(55-29)45(54)48-21-4-6-31-9-13-33(14-10-31)35-16-18-41-37(24-35)25-38(50-41)26-39-27-42(52(2)51-39)44(53)47-20-3-5-30-7-11-32(12-8-30)34-15-17-40-36(23-34)19-22-46-40/h7-19,22-25,27-28,46,50H,3-6,20-21,26H2,1-2H3,(H,47,53)(H,48,54). The van der Waals surface area contributed by atoms with Crippen LogP contribution in [0.2, 0.25) is 0 Å². The third-order valence-electron chi connectivity index (χ3n) is 10.0. The van der Waals surface area contributed by atoms with Gasteiger partial charge in [0, 0.05) is 54.9 Å². The average Bonchev–Trinajstić information content (AvgIpc) is 4.02. The minimum Gasteiger partial charge on any atom is -0.361 e. The van der Waals surface area contributed by atoms with Crippen molar-refractivity contribution < 1.29 is 9.59 Å². The number of thiazole rings is 1. The molecule has 276 valence electrons. The van der Waals surface area contributed by atoms with E-state index in [2.05, 4.69) is 128 Å². The molecule has 2 amide bonds. The summed E-state index contributed by atoms with van der Waals surface area (Å²) in [5.74, 6) is -0.169. The number of aryl methyl sites for hydroxylation is 4. The van der Waals surface area contributed by atoms with Crippen molar-refractivity contribution in [2.24, 2.45) is 7.05 Å². The number of carbonyl (C=O) groups excluding carboxylic acids is 2. The van der Waals surface area contributed by atoms with Crippen LogP contribution in [0.3, 0.4) is 0 Å². The lowest BCUT2D eigenvalue weighted by atomic mass is 10.0. The van der Waals surface area contributed by atoms with Crippen LogP contribution in [0.25, 0.3) is 44.1 Å². The fourth-order valence-corrected chi connectivity index (χ4v) is 7.78. The number of fused-ring (bicyclic) bond motifs is 2. The van der Waals surface area contributed by atoms with Gasteiger partial charge in [-0.3, -0.25) is 14.3 Å². The molecular weight excluding hydrogens is 703 g/mol. The molecule has 0 unspecified atom stereocenters. The first-order valence-corrected chi connectivity index (χ1v) is 19.6. The van der Waals surface area contributed by atoms with Gasteiger partial charge in [-0.15, -0.1) is 11.3 Å². The Balaban J connectivity index is 0.805. The highest BCUT2D eigenvalue weighted by molar-refractivity contribution is 7.13. The van der Waals surface area contributed by atoms with Gasteiger partial charge in [-0.2, -0.15) is 5.10 Å². The smallest absolute Gasteiger partial charge is 0.269 e. The topological polar surface area (TPSA) is 120 Å². The molecule has 0 aliphatic rings. The monoisotopic (exact) mass is 745 g/mol. The van der Waals surface area contributed by atoms with Gasteiger partial charge in [0.1, 0.15) is 10.6 Å². The first-order valence-electron chi connectivity index (χ1n) is 18.7. The summed E-state index contributed by atoms with van der Waals surface area (Å²) in [5, 5.41) is 14.0. The minimum absolute atomic E-state index is 0.0558. The van der Waals surface area contributed by atoms with Crippen LogP contribution < -0.4 is 10.6 Å². The van der Waals surface area contributed by atoms with Gasteiger partial charge in [0.15, 0.2) is 0 Å². The molecule has 9 nitrogen and oxygen atoms in total. The van der Waals surface area contributed by atoms with E-state index in [-0.39, 0.29) is 11.8 Å². The van der Waals surface area contributed by atoms with E-state index in [0.29, 0.717) is 30.1 Å². The summed E-state index contributed by atoms with van der Waals surface area (Å²) >= 11 is 1.41. The van der Waals surface area contributed by atoms with Crippen molar-refractivity contribution in [3.63, 3.8) is 0 Å². The number of nitrogens with zero attached hydrogens (tertiary/aromatic N) is 3. The molecule has 4 aromatic carbocycles. The second kappa shape index (κ2) is 16.0. The molecule has 0 fully saturated rings. The van der Waals surface area contributed by atoms with E-state index in [9.17, 15) is 9.59 Å². The number of aromatic nitrogens is 5. The zero-order chi connectivity index (χ0) is 37.7. The zero-order valence-electron chi connectivity index (χ0n) is 31.0. The number of hydrogen-bond acceptors (Lipinski definition) is 5. The first kappa shape index (κ1) is 35.8. The quantitative estimate of drug-likeness (QED) is 0.0832. The second-order valence-corrected chi connectivity index (χ2v) is 15.3. The molecule has 0 atom stereocenters. The number of hydrogen-bond donors (Lipinski definition) is 4. The maximum absolute atomic E-state index is 13.1. The van der Waals surface area contributed by atoms with E-state index in [1.54, 1.807) is 10.9 Å². The second-order valence-electron chi connectivity index (χ2n) is 14.1. The van der Waals surface area contributed by atoms with E-state index >= 15 is 0 Å². The Hall–Kier alpha value is -6.26. The summed E-state index contributed by atoms with van der Waals surface area (Å²) in [6.07, 6.45) is 7.69. The van der Waals surface area contributed by atoms with Crippen molar-refractivity contribution in [3.8, 4) is 22.3 Å². The highest BCUT2D eigenvalue weighted by Crippen LogP contribution is 2.27. The lowest BCUT2D eigenvalue weighted by molar-refractivity contribution is 0.0940. The number of nitrogens with one attached hydrogen (secondary N) is 4. The molecule has 4 heterocycles. The fourth-order valence-electron chi connectivity index (χ4n) is 7.08. The Morgan fingerprint density at radius 1 is 0.709 bits per heavy atom. The summed E-state index contributed by atoms with van der Waals surface area (Å²) in [5.41, 5.74) is 11.8. The van der Waals surface area contributed by atoms with Gasteiger partial charge in [-0.25, -0.2) is 4.98 Å². The van der Waals surface area contributed by atoms with Crippen LogP contribution in [0.5, 0.6) is 0 Å². The van der Waals surface area contributed by atoms with Crippen molar-refractivity contribution in [2.75, 3.05) is 13.1 Å². The normalized spacial score (nSPS) is 11.4. The molecule has 0 aliphatic heterocycles. The lowest BCUT2D eigenvalue weighted by Gasteiger charge is -2.07. The SMILES string of the molecule is Cc1ncc(C(=O)NCCCc2ccc(-c3ccc4[nH]c(Cc5cc(C(=O)NCCCc6ccc(-c7ccc8[nH]ccc8c7)cc6)n(C)n5)cc4c3)cc2)s1. The molecule has 8 aromatic rings. The van der Waals surface area contributed by atoms with Gasteiger partial charge < -0.3 is 20.6 Å². The maximum atomic E-state index is 13.1. The fraction of sp³-hybridized carbons (Fsp3) is 0.200. The third kappa shape index (κ3) is 8.45. The number of carbonyl (C=O) groups is 2. The highest BCUT2D eigenvalue weighted by atomic mass is 32.1. The van der Waals surface area contributed by atoms with Crippen molar-refractivity contribution >= 4 is 45.0 Å². The molecular formula is C45H43N7O2S. The summed E-state index contributed by atoms with van der Waals surface area (Å²) in [4.78, 5) is 36.9. The summed E-state index contributed by atoms with van der Waals surface area (Å²) in [6.45, 7) is 3.12. The van der Waals surface area contributed by atoms with E-state index in [4.69, 9.17) is 0 Å². The molecule has 0 spiro atoms. The summed E-state index contributed by atoms with van der Waals surface area (Å²) in [7, 11) is 1.82. The van der Waals surface area contributed by atoms with Gasteiger partial charge in [0.25, 0.3) is 11.8 Å². The predicted molar refractivity (Wildman–Crippen MR) is 222 cm³/mol. The van der Waals surface area contributed by atoms with Crippen molar-refractivity contribution in [1.82, 2.24) is 35.4 Å². The Morgan fingerprint density at radius 2 is 1.33 bits per heavy atom. The van der Waals surface area contributed by atoms with Crippen molar-refractivity contribution in [2.45, 2.75) is 39.0 Å². The third-order valence-corrected chi connectivity index (χ3v) is 11.0. The molecule has 0 aliphatic carbocycles. The Kier molecular flexibility index (Phi) is 10.4. The van der Waals surface area contributed by atoms with Crippen LogP contribution in [-0.2, 0) is 26.3 Å². The lowest BCUT2D eigenvalue weighted by Crippen LogP contribution is -2.26. The van der Waals surface area contributed by atoms with Crippen LogP contribution >= 0.6 is 11.3 Å². The van der Waals surface area contributed by atoms with Crippen LogP contribution in [0.4, 0.5) is 0 Å². The molecule has 4 aromatic heterocycles. The number of aromatic amines is 2. The van der Waals surface area contributed by atoms with Crippen LogP contribution in [-0.4, -0.2) is 49.6 Å². The van der Waals surface area contributed by atoms with Gasteiger partial charge >= 0.3 is 0 Å². The van der Waals surface area contributed by atoms with E-state index < -0.39 is 0 Å². The average molecular weight is 746 g/mol. The number of amides is 2. The van der Waals surface area contributed by atoms with Gasteiger partial charge in [0.2, 0.25) is 0 Å². The van der Waals surface area contributed by atoms with E-state index in [1.165, 1.54) is 39.0 Å². The van der Waals surface area contributed by atoms with Crippen LogP contribution in [0.15, 0.2) is 116 Å². The molecule has 0 saturated carbocycles. The summed E-state index contributed by atoms with van der Waals surface area (Å²) in [6, 6.07) is 36.4. The molecule has 0 saturated heterocycles. The van der Waals surface area contributed by atoms with Gasteiger partial charge in [0.05, 0.1) is 16.9 Å². The first-order chi connectivity index (χ1) is 26.8. The van der Waals surface area contributed by atoms with Crippen LogP contribution in [0, 0.1) is 6.92 Å². The minimum atomic E-state index is -0.113. The number of rotatable bonds is 14. The molecule has 55 heavy (non-hydrogen) atoms. The van der Waals surface area contributed by atoms with E-state index in [1.807, 2.05) is 26.2 Å². The Labute approximate surface area is 323 Å². The maximum Gasteiger partial charge on any atom is 0.269 e.